The van der Waals surface area contributed by atoms with E-state index in [9.17, 15) is 4.79 Å². The lowest BCUT2D eigenvalue weighted by Gasteiger charge is -2.17. The number of ether oxygens (including phenoxy) is 1. The summed E-state index contributed by atoms with van der Waals surface area (Å²) in [6.45, 7) is 5.07. The van der Waals surface area contributed by atoms with Gasteiger partial charge in [-0.1, -0.05) is 39.5 Å². The average Bonchev–Trinajstić information content (AvgIpc) is 2.64. The summed E-state index contributed by atoms with van der Waals surface area (Å²) in [5, 5.41) is 0. The molecule has 1 aliphatic carbocycles. The third kappa shape index (κ3) is 2.48. The van der Waals surface area contributed by atoms with Crippen LogP contribution in [0.25, 0.3) is 0 Å². The van der Waals surface area contributed by atoms with Crippen molar-refractivity contribution < 1.29 is 9.53 Å². The molecule has 1 aromatic rings. The SMILES string of the molecule is CC1(C)COc2ccc(C(=O)C3CCCCCC3)cc21. The van der Waals surface area contributed by atoms with Crippen LogP contribution in [0.15, 0.2) is 18.2 Å². The molecule has 0 N–H and O–H groups in total. The van der Waals surface area contributed by atoms with Crippen LogP contribution in [0, 0.1) is 5.92 Å². The Hall–Kier alpha value is -1.31. The summed E-state index contributed by atoms with van der Waals surface area (Å²) in [7, 11) is 0. The van der Waals surface area contributed by atoms with E-state index >= 15 is 0 Å². The first-order chi connectivity index (χ1) is 9.58. The molecule has 0 amide bonds. The molecule has 2 nitrogen and oxygen atoms in total. The Labute approximate surface area is 121 Å². The van der Waals surface area contributed by atoms with Crippen molar-refractivity contribution >= 4 is 5.78 Å². The zero-order chi connectivity index (χ0) is 14.2. The highest BCUT2D eigenvalue weighted by Gasteiger charge is 2.33. The van der Waals surface area contributed by atoms with E-state index in [1.165, 1.54) is 31.2 Å². The Morgan fingerprint density at radius 3 is 2.55 bits per heavy atom. The van der Waals surface area contributed by atoms with Gasteiger partial charge in [-0.15, -0.1) is 0 Å². The molecule has 2 heteroatoms. The lowest BCUT2D eigenvalue weighted by Crippen LogP contribution is -2.19. The molecule has 1 aliphatic heterocycles. The summed E-state index contributed by atoms with van der Waals surface area (Å²) in [6, 6.07) is 6.01. The van der Waals surface area contributed by atoms with E-state index in [-0.39, 0.29) is 11.3 Å². The van der Waals surface area contributed by atoms with Gasteiger partial charge in [-0.2, -0.15) is 0 Å². The van der Waals surface area contributed by atoms with Gasteiger partial charge in [-0.05, 0) is 31.0 Å². The van der Waals surface area contributed by atoms with Crippen LogP contribution in [0.1, 0.15) is 68.3 Å². The summed E-state index contributed by atoms with van der Waals surface area (Å²) < 4.78 is 5.70. The van der Waals surface area contributed by atoms with E-state index in [0.717, 1.165) is 24.2 Å². The fraction of sp³-hybridized carbons (Fsp3) is 0.611. The third-order valence-electron chi connectivity index (χ3n) is 4.81. The second-order valence-electron chi connectivity index (χ2n) is 6.94. The molecule has 0 spiro atoms. The molecule has 1 heterocycles. The minimum atomic E-state index is 0.0229. The first kappa shape index (κ1) is 13.7. The minimum absolute atomic E-state index is 0.0229. The fourth-order valence-electron chi connectivity index (χ4n) is 3.45. The Morgan fingerprint density at radius 2 is 1.85 bits per heavy atom. The van der Waals surface area contributed by atoms with Crippen molar-refractivity contribution in [2.45, 2.75) is 57.8 Å². The van der Waals surface area contributed by atoms with Gasteiger partial charge in [0.2, 0.25) is 0 Å². The zero-order valence-corrected chi connectivity index (χ0v) is 12.6. The summed E-state index contributed by atoms with van der Waals surface area (Å²) in [4.78, 5) is 12.7. The lowest BCUT2D eigenvalue weighted by atomic mass is 9.84. The molecule has 0 aromatic heterocycles. The van der Waals surface area contributed by atoms with Crippen LogP contribution >= 0.6 is 0 Å². The van der Waals surface area contributed by atoms with E-state index in [1.807, 2.05) is 12.1 Å². The van der Waals surface area contributed by atoms with Crippen LogP contribution < -0.4 is 4.74 Å². The molecule has 2 aliphatic rings. The van der Waals surface area contributed by atoms with E-state index in [4.69, 9.17) is 4.74 Å². The number of benzene rings is 1. The molecule has 0 unspecified atom stereocenters. The summed E-state index contributed by atoms with van der Waals surface area (Å²) >= 11 is 0. The van der Waals surface area contributed by atoms with Gasteiger partial charge in [0.25, 0.3) is 0 Å². The van der Waals surface area contributed by atoms with Gasteiger partial charge in [-0.3, -0.25) is 4.79 Å². The van der Waals surface area contributed by atoms with Crippen molar-refractivity contribution in [1.29, 1.82) is 0 Å². The van der Waals surface area contributed by atoms with Crippen LogP contribution in [0.3, 0.4) is 0 Å². The lowest BCUT2D eigenvalue weighted by molar-refractivity contribution is 0.0908. The van der Waals surface area contributed by atoms with E-state index in [1.54, 1.807) is 0 Å². The minimum Gasteiger partial charge on any atom is -0.492 e. The average molecular weight is 272 g/mol. The quantitative estimate of drug-likeness (QED) is 0.585. The van der Waals surface area contributed by atoms with E-state index in [0.29, 0.717) is 12.4 Å². The molecule has 108 valence electrons. The van der Waals surface area contributed by atoms with Crippen molar-refractivity contribution in [2.75, 3.05) is 6.61 Å². The molecule has 0 saturated heterocycles. The molecular formula is C18H24O2. The number of carbonyl (C=O) groups is 1. The van der Waals surface area contributed by atoms with Crippen LogP contribution in [0.4, 0.5) is 0 Å². The fourth-order valence-corrected chi connectivity index (χ4v) is 3.45. The van der Waals surface area contributed by atoms with Gasteiger partial charge in [0.15, 0.2) is 5.78 Å². The predicted molar refractivity (Wildman–Crippen MR) is 80.5 cm³/mol. The van der Waals surface area contributed by atoms with Crippen LogP contribution in [0.2, 0.25) is 0 Å². The zero-order valence-electron chi connectivity index (χ0n) is 12.6. The summed E-state index contributed by atoms with van der Waals surface area (Å²) in [6.07, 6.45) is 7.11. The summed E-state index contributed by atoms with van der Waals surface area (Å²) in [5.74, 6) is 1.53. The number of carbonyl (C=O) groups excluding carboxylic acids is 1. The largest absolute Gasteiger partial charge is 0.492 e. The highest BCUT2D eigenvalue weighted by molar-refractivity contribution is 5.98. The maximum atomic E-state index is 12.7. The molecule has 1 saturated carbocycles. The molecule has 20 heavy (non-hydrogen) atoms. The predicted octanol–water partition coefficient (Wildman–Crippen LogP) is 4.51. The highest BCUT2D eigenvalue weighted by Crippen LogP contribution is 2.39. The highest BCUT2D eigenvalue weighted by atomic mass is 16.5. The monoisotopic (exact) mass is 272 g/mol. The molecule has 0 atom stereocenters. The number of rotatable bonds is 2. The van der Waals surface area contributed by atoms with E-state index < -0.39 is 0 Å². The van der Waals surface area contributed by atoms with Gasteiger partial charge in [0.05, 0.1) is 6.61 Å². The second kappa shape index (κ2) is 5.23. The first-order valence-corrected chi connectivity index (χ1v) is 7.89. The normalized spacial score (nSPS) is 21.9. The number of Topliss-reactive ketones (excluding diaryl/α,β-unsaturated/α-hetero) is 1. The third-order valence-corrected chi connectivity index (χ3v) is 4.81. The van der Waals surface area contributed by atoms with Crippen molar-refractivity contribution in [3.63, 3.8) is 0 Å². The van der Waals surface area contributed by atoms with Gasteiger partial charge in [0, 0.05) is 22.5 Å². The Bertz CT molecular complexity index is 508. The van der Waals surface area contributed by atoms with E-state index in [2.05, 4.69) is 19.9 Å². The molecular weight excluding hydrogens is 248 g/mol. The standard InChI is InChI=1S/C18H24O2/c1-18(2)12-20-16-10-9-14(11-15(16)18)17(19)13-7-5-3-4-6-8-13/h9-11,13H,3-8,12H2,1-2H3. The van der Waals surface area contributed by atoms with Crippen molar-refractivity contribution in [2.24, 2.45) is 5.92 Å². The van der Waals surface area contributed by atoms with Crippen LogP contribution in [0.5, 0.6) is 5.75 Å². The van der Waals surface area contributed by atoms with Gasteiger partial charge in [-0.25, -0.2) is 0 Å². The molecule has 0 radical (unpaired) electrons. The Kier molecular flexibility index (Phi) is 3.57. The maximum Gasteiger partial charge on any atom is 0.165 e. The first-order valence-electron chi connectivity index (χ1n) is 7.89. The smallest absolute Gasteiger partial charge is 0.165 e. The molecule has 3 rings (SSSR count). The number of hydrogen-bond acceptors (Lipinski definition) is 2. The van der Waals surface area contributed by atoms with Gasteiger partial charge in [0.1, 0.15) is 5.75 Å². The van der Waals surface area contributed by atoms with Crippen molar-refractivity contribution in [3.05, 3.63) is 29.3 Å². The molecule has 1 fully saturated rings. The number of hydrogen-bond donors (Lipinski definition) is 0. The van der Waals surface area contributed by atoms with Crippen molar-refractivity contribution in [1.82, 2.24) is 0 Å². The molecule has 0 bridgehead atoms. The van der Waals surface area contributed by atoms with Gasteiger partial charge >= 0.3 is 0 Å². The topological polar surface area (TPSA) is 26.3 Å². The Morgan fingerprint density at radius 1 is 1.15 bits per heavy atom. The number of fused-ring (bicyclic) bond motifs is 1. The molecule has 1 aromatic carbocycles. The van der Waals surface area contributed by atoms with Crippen molar-refractivity contribution in [3.8, 4) is 5.75 Å². The summed E-state index contributed by atoms with van der Waals surface area (Å²) in [5.41, 5.74) is 2.10. The Balaban J connectivity index is 1.85. The van der Waals surface area contributed by atoms with Gasteiger partial charge < -0.3 is 4.74 Å². The maximum absolute atomic E-state index is 12.7. The second-order valence-corrected chi connectivity index (χ2v) is 6.94. The van der Waals surface area contributed by atoms with Crippen LogP contribution in [-0.4, -0.2) is 12.4 Å². The number of ketones is 1. The van der Waals surface area contributed by atoms with Crippen LogP contribution in [-0.2, 0) is 5.41 Å².